The maximum atomic E-state index is 11.7. The number of benzene rings is 1. The molecule has 0 fully saturated rings. The number of hydrogen-bond acceptors (Lipinski definition) is 3. The summed E-state index contributed by atoms with van der Waals surface area (Å²) in [4.78, 5) is 24.0. The summed E-state index contributed by atoms with van der Waals surface area (Å²) < 4.78 is 0. The molecule has 0 saturated carbocycles. The number of carbonyl (C=O) groups is 2. The molecule has 7 heteroatoms. The Kier molecular flexibility index (Phi) is 5.61. The first-order valence-electron chi connectivity index (χ1n) is 6.13. The topological polar surface area (TPSA) is 58.2 Å². The first-order valence-corrected chi connectivity index (χ1v) is 7.76. The molecule has 0 aliphatic heterocycles. The number of halogens is 2. The third-order valence-electron chi connectivity index (χ3n) is 2.59. The van der Waals surface area contributed by atoms with Crippen LogP contribution in [0.15, 0.2) is 35.7 Å². The van der Waals surface area contributed by atoms with E-state index in [0.29, 0.717) is 20.6 Å². The molecule has 0 unspecified atom stereocenters. The summed E-state index contributed by atoms with van der Waals surface area (Å²) in [5.74, 6) is -0.382. The van der Waals surface area contributed by atoms with Crippen LogP contribution >= 0.6 is 34.5 Å². The molecular weight excluding hydrogens is 331 g/mol. The van der Waals surface area contributed by atoms with E-state index < -0.39 is 0 Å². The lowest BCUT2D eigenvalue weighted by atomic mass is 10.3. The molecular formula is C14H12Cl2N2O2S. The molecule has 2 N–H and O–H groups in total. The van der Waals surface area contributed by atoms with Crippen LogP contribution in [0.4, 0.5) is 5.69 Å². The van der Waals surface area contributed by atoms with Crippen LogP contribution in [-0.4, -0.2) is 18.4 Å². The molecule has 0 aliphatic rings. The fourth-order valence-corrected chi connectivity index (χ4v) is 2.52. The van der Waals surface area contributed by atoms with Crippen LogP contribution in [0.2, 0.25) is 10.0 Å². The van der Waals surface area contributed by atoms with E-state index >= 15 is 0 Å². The smallest absolute Gasteiger partial charge is 0.261 e. The van der Waals surface area contributed by atoms with Crippen LogP contribution < -0.4 is 10.6 Å². The second kappa shape index (κ2) is 7.45. The lowest BCUT2D eigenvalue weighted by molar-refractivity contribution is -0.116. The van der Waals surface area contributed by atoms with Gasteiger partial charge in [-0.25, -0.2) is 0 Å². The van der Waals surface area contributed by atoms with Crippen LogP contribution in [0.3, 0.4) is 0 Å². The van der Waals surface area contributed by atoms with Crippen molar-refractivity contribution < 1.29 is 9.59 Å². The summed E-state index contributed by atoms with van der Waals surface area (Å²) in [6, 6.07) is 8.38. The minimum Gasteiger partial charge on any atom is -0.351 e. The Morgan fingerprint density at radius 3 is 2.62 bits per heavy atom. The average Bonchev–Trinajstić information content (AvgIpc) is 2.97. The van der Waals surface area contributed by atoms with Gasteiger partial charge in [-0.05, 0) is 29.6 Å². The Hall–Kier alpha value is -1.56. The van der Waals surface area contributed by atoms with Crippen molar-refractivity contribution in [2.75, 3.05) is 11.9 Å². The Labute approximate surface area is 136 Å². The first-order chi connectivity index (χ1) is 10.1. The van der Waals surface area contributed by atoms with Crippen LogP contribution in [0.25, 0.3) is 0 Å². The highest BCUT2D eigenvalue weighted by molar-refractivity contribution is 7.12. The highest BCUT2D eigenvalue weighted by atomic mass is 35.5. The van der Waals surface area contributed by atoms with Gasteiger partial charge in [-0.2, -0.15) is 0 Å². The highest BCUT2D eigenvalue weighted by Crippen LogP contribution is 2.24. The molecule has 2 rings (SSSR count). The Bertz CT molecular complexity index is 644. The molecule has 1 aromatic heterocycles. The summed E-state index contributed by atoms with van der Waals surface area (Å²) in [5.41, 5.74) is 0.569. The van der Waals surface area contributed by atoms with E-state index in [1.807, 2.05) is 5.38 Å². The monoisotopic (exact) mass is 342 g/mol. The lowest BCUT2D eigenvalue weighted by Gasteiger charge is -2.07. The van der Waals surface area contributed by atoms with Gasteiger partial charge in [-0.3, -0.25) is 9.59 Å². The predicted molar refractivity (Wildman–Crippen MR) is 86.4 cm³/mol. The van der Waals surface area contributed by atoms with Crippen LogP contribution in [-0.2, 0) is 4.79 Å². The molecule has 0 aliphatic carbocycles. The summed E-state index contributed by atoms with van der Waals surface area (Å²) >= 11 is 13.0. The van der Waals surface area contributed by atoms with E-state index in [4.69, 9.17) is 23.2 Å². The Morgan fingerprint density at radius 2 is 1.95 bits per heavy atom. The number of nitrogens with one attached hydrogen (secondary N) is 2. The molecule has 2 amide bonds. The van der Waals surface area contributed by atoms with Crippen molar-refractivity contribution in [1.82, 2.24) is 5.32 Å². The number of amides is 2. The minimum absolute atomic E-state index is 0.174. The second-order valence-electron chi connectivity index (χ2n) is 4.16. The number of carbonyl (C=O) groups excluding carboxylic acids is 2. The van der Waals surface area contributed by atoms with Gasteiger partial charge in [-0.1, -0.05) is 29.3 Å². The van der Waals surface area contributed by atoms with Crippen molar-refractivity contribution in [3.63, 3.8) is 0 Å². The van der Waals surface area contributed by atoms with E-state index in [-0.39, 0.29) is 24.8 Å². The van der Waals surface area contributed by atoms with Gasteiger partial charge in [0.25, 0.3) is 5.91 Å². The summed E-state index contributed by atoms with van der Waals surface area (Å²) in [6.45, 7) is 0.268. The molecule has 21 heavy (non-hydrogen) atoms. The van der Waals surface area contributed by atoms with Crippen molar-refractivity contribution in [2.45, 2.75) is 6.42 Å². The van der Waals surface area contributed by atoms with Crippen LogP contribution in [0.5, 0.6) is 0 Å². The van der Waals surface area contributed by atoms with Crippen LogP contribution in [0, 0.1) is 0 Å². The fourth-order valence-electron chi connectivity index (χ4n) is 1.58. The van der Waals surface area contributed by atoms with Gasteiger partial charge in [0.2, 0.25) is 5.91 Å². The highest BCUT2D eigenvalue weighted by Gasteiger charge is 2.08. The third kappa shape index (κ3) is 4.74. The fraction of sp³-hybridized carbons (Fsp3) is 0.143. The van der Waals surface area contributed by atoms with E-state index in [0.717, 1.165) is 0 Å². The molecule has 0 atom stereocenters. The van der Waals surface area contributed by atoms with E-state index in [1.54, 1.807) is 30.3 Å². The van der Waals surface area contributed by atoms with E-state index in [1.165, 1.54) is 11.3 Å². The normalized spacial score (nSPS) is 10.2. The first kappa shape index (κ1) is 15.8. The maximum Gasteiger partial charge on any atom is 0.261 e. The van der Waals surface area contributed by atoms with Crippen molar-refractivity contribution >= 4 is 52.0 Å². The predicted octanol–water partition coefficient (Wildman–Crippen LogP) is 3.81. The lowest BCUT2D eigenvalue weighted by Crippen LogP contribution is -2.27. The third-order valence-corrected chi connectivity index (χ3v) is 4.19. The number of hydrogen-bond donors (Lipinski definition) is 2. The van der Waals surface area contributed by atoms with Gasteiger partial charge >= 0.3 is 0 Å². The van der Waals surface area contributed by atoms with E-state index in [9.17, 15) is 9.59 Å². The molecule has 0 saturated heterocycles. The van der Waals surface area contributed by atoms with Gasteiger partial charge in [0.05, 0.1) is 14.9 Å². The quantitative estimate of drug-likeness (QED) is 0.867. The zero-order valence-corrected chi connectivity index (χ0v) is 13.2. The molecule has 110 valence electrons. The molecule has 1 heterocycles. The Morgan fingerprint density at radius 1 is 1.14 bits per heavy atom. The van der Waals surface area contributed by atoms with Gasteiger partial charge in [0.15, 0.2) is 0 Å². The second-order valence-corrected chi connectivity index (χ2v) is 5.92. The molecule has 2 aromatic rings. The minimum atomic E-state index is -0.208. The molecule has 0 bridgehead atoms. The average molecular weight is 343 g/mol. The molecule has 0 spiro atoms. The molecule has 4 nitrogen and oxygen atoms in total. The number of rotatable bonds is 5. The molecule has 1 aromatic carbocycles. The number of anilines is 1. The van der Waals surface area contributed by atoms with Crippen molar-refractivity contribution in [1.29, 1.82) is 0 Å². The Balaban J connectivity index is 1.77. The van der Waals surface area contributed by atoms with Crippen molar-refractivity contribution in [3.05, 3.63) is 50.6 Å². The van der Waals surface area contributed by atoms with Gasteiger partial charge < -0.3 is 10.6 Å². The SMILES string of the molecule is O=C(CCNC(=O)c1cccs1)Nc1ccc(Cl)c(Cl)c1. The van der Waals surface area contributed by atoms with Gasteiger partial charge in [0, 0.05) is 18.7 Å². The van der Waals surface area contributed by atoms with E-state index in [2.05, 4.69) is 10.6 Å². The maximum absolute atomic E-state index is 11.7. The van der Waals surface area contributed by atoms with Crippen molar-refractivity contribution in [2.24, 2.45) is 0 Å². The zero-order chi connectivity index (χ0) is 15.2. The number of thiophene rings is 1. The standard InChI is InChI=1S/C14H12Cl2N2O2S/c15-10-4-3-9(8-11(10)16)18-13(19)5-6-17-14(20)12-2-1-7-21-12/h1-4,7-8H,5-6H2,(H,17,20)(H,18,19). The summed E-state index contributed by atoms with van der Waals surface area (Å²) in [6.07, 6.45) is 0.178. The van der Waals surface area contributed by atoms with Gasteiger partial charge in [-0.15, -0.1) is 11.3 Å². The summed E-state index contributed by atoms with van der Waals surface area (Å²) in [7, 11) is 0. The summed E-state index contributed by atoms with van der Waals surface area (Å²) in [5, 5.41) is 8.00. The van der Waals surface area contributed by atoms with Crippen molar-refractivity contribution in [3.8, 4) is 0 Å². The van der Waals surface area contributed by atoms with Gasteiger partial charge in [0.1, 0.15) is 0 Å². The molecule has 0 radical (unpaired) electrons. The largest absolute Gasteiger partial charge is 0.351 e. The zero-order valence-electron chi connectivity index (χ0n) is 10.9. The van der Waals surface area contributed by atoms with Crippen LogP contribution in [0.1, 0.15) is 16.1 Å².